The molecule has 0 bridgehead atoms. The topological polar surface area (TPSA) is 114 Å². The van der Waals surface area contributed by atoms with Gasteiger partial charge in [0.15, 0.2) is 0 Å². The zero-order valence-corrected chi connectivity index (χ0v) is 18.2. The lowest BCUT2D eigenvalue weighted by Crippen LogP contribution is -2.40. The molecule has 2 rings (SSSR count). The zero-order valence-electron chi connectivity index (χ0n) is 16.6. The number of ether oxygens (including phenoxy) is 1. The molecule has 1 unspecified atom stereocenters. The van der Waals surface area contributed by atoms with Crippen molar-refractivity contribution in [1.82, 2.24) is 4.31 Å². The Bertz CT molecular complexity index is 752. The Morgan fingerprint density at radius 3 is 2.43 bits per heavy atom. The molecule has 1 aliphatic rings. The van der Waals surface area contributed by atoms with Crippen molar-refractivity contribution in [3.63, 3.8) is 0 Å². The molecule has 8 nitrogen and oxygen atoms in total. The lowest BCUT2D eigenvalue weighted by Gasteiger charge is -2.26. The lowest BCUT2D eigenvalue weighted by atomic mass is 10.1. The molecule has 0 radical (unpaired) electrons. The Morgan fingerprint density at radius 1 is 1.21 bits per heavy atom. The number of amides is 1. The summed E-state index contributed by atoms with van der Waals surface area (Å²) in [6.45, 7) is 8.18. The van der Waals surface area contributed by atoms with Crippen LogP contribution < -0.4 is 16.4 Å². The van der Waals surface area contributed by atoms with Crippen LogP contribution in [-0.4, -0.2) is 58.0 Å². The van der Waals surface area contributed by atoms with Gasteiger partial charge in [-0.15, -0.1) is 12.4 Å². The smallest absolute Gasteiger partial charge is 0.243 e. The van der Waals surface area contributed by atoms with E-state index in [1.54, 1.807) is 19.1 Å². The highest BCUT2D eigenvalue weighted by atomic mass is 35.5. The second kappa shape index (κ2) is 11.0. The number of carbonyl (C=O) groups excluding carboxylic acids is 1. The van der Waals surface area contributed by atoms with Gasteiger partial charge < -0.3 is 21.1 Å². The van der Waals surface area contributed by atoms with Crippen LogP contribution in [0.5, 0.6) is 0 Å². The molecule has 1 amide bonds. The molecule has 1 fully saturated rings. The number of nitrogens with two attached hydrogens (primary N) is 1. The quantitative estimate of drug-likeness (QED) is 0.574. The maximum atomic E-state index is 12.9. The van der Waals surface area contributed by atoms with E-state index in [4.69, 9.17) is 10.5 Å². The standard InChI is InChI=1S/C18H30N4O4S.ClH/c1-13(2)12-20-16-5-4-15(10-17(16)21-18(23)14(3)11-19)27(24,25)22-6-8-26-9-7-22;/h4-5,10,13-14,20H,6-9,11-12,19H2,1-3H3,(H,21,23);1H. The van der Waals surface area contributed by atoms with Gasteiger partial charge >= 0.3 is 0 Å². The molecule has 0 aliphatic carbocycles. The number of rotatable bonds is 8. The summed E-state index contributed by atoms with van der Waals surface area (Å²) < 4.78 is 32.5. The number of nitrogens with one attached hydrogen (secondary N) is 2. The molecule has 4 N–H and O–H groups in total. The maximum Gasteiger partial charge on any atom is 0.243 e. The summed E-state index contributed by atoms with van der Waals surface area (Å²) in [5.74, 6) is -0.221. The van der Waals surface area contributed by atoms with Crippen LogP contribution in [0, 0.1) is 11.8 Å². The highest BCUT2D eigenvalue weighted by molar-refractivity contribution is 7.89. The molecule has 10 heteroatoms. The van der Waals surface area contributed by atoms with E-state index in [2.05, 4.69) is 24.5 Å². The van der Waals surface area contributed by atoms with Gasteiger partial charge in [0.25, 0.3) is 0 Å². The average molecular weight is 435 g/mol. The zero-order chi connectivity index (χ0) is 20.0. The third-order valence-electron chi connectivity index (χ3n) is 4.36. The summed E-state index contributed by atoms with van der Waals surface area (Å²) in [5.41, 5.74) is 6.69. The van der Waals surface area contributed by atoms with Gasteiger partial charge in [-0.1, -0.05) is 20.8 Å². The van der Waals surface area contributed by atoms with Crippen molar-refractivity contribution in [3.05, 3.63) is 18.2 Å². The SMILES string of the molecule is CC(C)CNc1ccc(S(=O)(=O)N2CCOCC2)cc1NC(=O)C(C)CN.Cl. The number of hydrogen-bond acceptors (Lipinski definition) is 6. The third-order valence-corrected chi connectivity index (χ3v) is 6.25. The number of hydrogen-bond donors (Lipinski definition) is 3. The Labute approximate surface area is 173 Å². The van der Waals surface area contributed by atoms with E-state index in [0.29, 0.717) is 50.1 Å². The summed E-state index contributed by atoms with van der Waals surface area (Å²) in [6.07, 6.45) is 0. The van der Waals surface area contributed by atoms with E-state index >= 15 is 0 Å². The van der Waals surface area contributed by atoms with Crippen LogP contribution in [0.4, 0.5) is 11.4 Å². The van der Waals surface area contributed by atoms with Crippen molar-refractivity contribution < 1.29 is 17.9 Å². The van der Waals surface area contributed by atoms with E-state index in [0.717, 1.165) is 0 Å². The van der Waals surface area contributed by atoms with Gasteiger partial charge in [-0.05, 0) is 24.1 Å². The van der Waals surface area contributed by atoms with Crippen LogP contribution in [0.1, 0.15) is 20.8 Å². The van der Waals surface area contributed by atoms with Crippen LogP contribution in [0.3, 0.4) is 0 Å². The second-order valence-electron chi connectivity index (χ2n) is 7.12. The van der Waals surface area contributed by atoms with Gasteiger partial charge in [0.2, 0.25) is 15.9 Å². The van der Waals surface area contributed by atoms with Gasteiger partial charge in [0.1, 0.15) is 0 Å². The first-order valence-corrected chi connectivity index (χ1v) is 10.7. The average Bonchev–Trinajstić information content (AvgIpc) is 2.66. The Hall–Kier alpha value is -1.39. The van der Waals surface area contributed by atoms with E-state index in [9.17, 15) is 13.2 Å². The fourth-order valence-electron chi connectivity index (χ4n) is 2.55. The molecule has 1 aromatic carbocycles. The highest BCUT2D eigenvalue weighted by Crippen LogP contribution is 2.28. The van der Waals surface area contributed by atoms with Gasteiger partial charge in [-0.3, -0.25) is 4.79 Å². The molecule has 0 saturated carbocycles. The largest absolute Gasteiger partial charge is 0.383 e. The van der Waals surface area contributed by atoms with E-state index in [-0.39, 0.29) is 35.7 Å². The molecule has 28 heavy (non-hydrogen) atoms. The molecular formula is C18H31ClN4O4S. The van der Waals surface area contributed by atoms with Crippen LogP contribution in [0.15, 0.2) is 23.1 Å². The van der Waals surface area contributed by atoms with Crippen molar-refractivity contribution in [2.45, 2.75) is 25.7 Å². The fourth-order valence-corrected chi connectivity index (χ4v) is 3.99. The molecule has 0 spiro atoms. The molecule has 1 saturated heterocycles. The van der Waals surface area contributed by atoms with Crippen molar-refractivity contribution in [3.8, 4) is 0 Å². The summed E-state index contributed by atoms with van der Waals surface area (Å²) in [6, 6.07) is 4.77. The minimum absolute atomic E-state index is 0. The first-order chi connectivity index (χ1) is 12.8. The van der Waals surface area contributed by atoms with E-state index in [1.165, 1.54) is 10.4 Å². The normalized spacial score (nSPS) is 16.3. The summed E-state index contributed by atoms with van der Waals surface area (Å²) in [4.78, 5) is 12.4. The van der Waals surface area contributed by atoms with Crippen molar-refractivity contribution >= 4 is 39.7 Å². The fraction of sp³-hybridized carbons (Fsp3) is 0.611. The Balaban J connectivity index is 0.00000392. The Morgan fingerprint density at radius 2 is 1.86 bits per heavy atom. The number of benzene rings is 1. The number of halogens is 1. The van der Waals surface area contributed by atoms with Crippen LogP contribution in [0.2, 0.25) is 0 Å². The van der Waals surface area contributed by atoms with Crippen molar-refractivity contribution in [1.29, 1.82) is 0 Å². The predicted octanol–water partition coefficient (Wildman–Crippen LogP) is 1.73. The lowest BCUT2D eigenvalue weighted by molar-refractivity contribution is -0.119. The van der Waals surface area contributed by atoms with Gasteiger partial charge in [0.05, 0.1) is 29.5 Å². The highest BCUT2D eigenvalue weighted by Gasteiger charge is 2.27. The number of sulfonamides is 1. The molecular weight excluding hydrogens is 404 g/mol. The molecule has 1 atom stereocenters. The number of morpholine rings is 1. The van der Waals surface area contributed by atoms with Crippen LogP contribution in [0.25, 0.3) is 0 Å². The summed E-state index contributed by atoms with van der Waals surface area (Å²) in [5, 5.41) is 6.07. The summed E-state index contributed by atoms with van der Waals surface area (Å²) in [7, 11) is -3.64. The molecule has 0 aromatic heterocycles. The van der Waals surface area contributed by atoms with E-state index < -0.39 is 10.0 Å². The van der Waals surface area contributed by atoms with Crippen LogP contribution >= 0.6 is 12.4 Å². The predicted molar refractivity (Wildman–Crippen MR) is 113 cm³/mol. The molecule has 1 aromatic rings. The first kappa shape index (κ1) is 24.6. The van der Waals surface area contributed by atoms with Gasteiger partial charge in [0, 0.05) is 32.1 Å². The number of carbonyl (C=O) groups is 1. The van der Waals surface area contributed by atoms with Crippen molar-refractivity contribution in [2.75, 3.05) is 50.0 Å². The molecule has 1 aliphatic heterocycles. The number of nitrogens with zero attached hydrogens (tertiary/aromatic N) is 1. The van der Waals surface area contributed by atoms with Gasteiger partial charge in [-0.2, -0.15) is 4.31 Å². The minimum Gasteiger partial charge on any atom is -0.383 e. The van der Waals surface area contributed by atoms with Crippen LogP contribution in [-0.2, 0) is 19.6 Å². The van der Waals surface area contributed by atoms with Gasteiger partial charge in [-0.25, -0.2) is 8.42 Å². The molecule has 1 heterocycles. The maximum absolute atomic E-state index is 12.9. The van der Waals surface area contributed by atoms with E-state index in [1.807, 2.05) is 0 Å². The van der Waals surface area contributed by atoms with Crippen molar-refractivity contribution in [2.24, 2.45) is 17.6 Å². The monoisotopic (exact) mass is 434 g/mol. The second-order valence-corrected chi connectivity index (χ2v) is 9.06. The first-order valence-electron chi connectivity index (χ1n) is 9.22. The minimum atomic E-state index is -3.64. The number of anilines is 2. The summed E-state index contributed by atoms with van der Waals surface area (Å²) >= 11 is 0. The Kier molecular flexibility index (Phi) is 9.65. The molecule has 160 valence electrons. The third kappa shape index (κ3) is 6.31.